The molecule has 2 aromatic heterocycles. The second-order valence-electron chi connectivity index (χ2n) is 4.28. The molecule has 0 saturated carbocycles. The van der Waals surface area contributed by atoms with Gasteiger partial charge >= 0.3 is 0 Å². The van der Waals surface area contributed by atoms with E-state index in [2.05, 4.69) is 34.5 Å². The van der Waals surface area contributed by atoms with E-state index in [0.29, 0.717) is 0 Å². The van der Waals surface area contributed by atoms with Gasteiger partial charge in [-0.3, -0.25) is 0 Å². The molecule has 0 aliphatic carbocycles. The maximum absolute atomic E-state index is 4.65. The first-order valence-corrected chi connectivity index (χ1v) is 5.95. The summed E-state index contributed by atoms with van der Waals surface area (Å²) >= 11 is 0. The van der Waals surface area contributed by atoms with Crippen LogP contribution in [0.1, 0.15) is 30.4 Å². The van der Waals surface area contributed by atoms with E-state index in [1.165, 1.54) is 11.4 Å². The molecule has 4 nitrogen and oxygen atoms in total. The smallest absolute Gasteiger partial charge is 0.154 e. The third kappa shape index (κ3) is 1.50. The van der Waals surface area contributed by atoms with Crippen molar-refractivity contribution in [1.82, 2.24) is 19.9 Å². The molecular formula is C12H16N4. The highest BCUT2D eigenvalue weighted by Gasteiger charge is 2.16. The lowest BCUT2D eigenvalue weighted by molar-refractivity contribution is 0.608. The molecule has 0 bridgehead atoms. The Morgan fingerprint density at radius 3 is 3.25 bits per heavy atom. The normalized spacial score (nSPS) is 15.3. The maximum atomic E-state index is 4.65. The molecular weight excluding hydrogens is 200 g/mol. The van der Waals surface area contributed by atoms with Crippen LogP contribution >= 0.6 is 0 Å². The van der Waals surface area contributed by atoms with Crippen LogP contribution in [-0.2, 0) is 19.4 Å². The number of hydrogen-bond donors (Lipinski definition) is 1. The zero-order chi connectivity index (χ0) is 11.0. The highest BCUT2D eigenvalue weighted by molar-refractivity contribution is 5.42. The Labute approximate surface area is 94.7 Å². The summed E-state index contributed by atoms with van der Waals surface area (Å²) in [5, 5.41) is 8.02. The van der Waals surface area contributed by atoms with Crippen molar-refractivity contribution < 1.29 is 0 Å². The van der Waals surface area contributed by atoms with Gasteiger partial charge in [0.15, 0.2) is 5.65 Å². The van der Waals surface area contributed by atoms with Crippen LogP contribution in [0.15, 0.2) is 12.1 Å². The summed E-state index contributed by atoms with van der Waals surface area (Å²) in [5.41, 5.74) is 4.58. The van der Waals surface area contributed by atoms with Gasteiger partial charge in [0.05, 0.1) is 17.1 Å². The molecule has 1 N–H and O–H groups in total. The molecule has 0 amide bonds. The van der Waals surface area contributed by atoms with Crippen molar-refractivity contribution in [3.05, 3.63) is 29.2 Å². The standard InChI is InChI=1S/C12H16N4/c1-2-3-9-4-5-12-14-10-6-7-13-8-11(10)16(12)15-9/h4-5,13H,2-3,6-8H2,1H3. The van der Waals surface area contributed by atoms with Crippen LogP contribution in [0.4, 0.5) is 0 Å². The fourth-order valence-electron chi connectivity index (χ4n) is 2.24. The summed E-state index contributed by atoms with van der Waals surface area (Å²) in [7, 11) is 0. The van der Waals surface area contributed by atoms with Crippen molar-refractivity contribution in [3.63, 3.8) is 0 Å². The van der Waals surface area contributed by atoms with E-state index in [9.17, 15) is 0 Å². The van der Waals surface area contributed by atoms with Crippen molar-refractivity contribution in [3.8, 4) is 0 Å². The predicted molar refractivity (Wildman–Crippen MR) is 62.4 cm³/mol. The molecule has 4 heteroatoms. The van der Waals surface area contributed by atoms with Crippen LogP contribution in [0.25, 0.3) is 5.65 Å². The second-order valence-corrected chi connectivity index (χ2v) is 4.28. The number of imidazole rings is 1. The Balaban J connectivity index is 2.13. The summed E-state index contributed by atoms with van der Waals surface area (Å²) in [5.74, 6) is 0. The topological polar surface area (TPSA) is 42.2 Å². The number of aryl methyl sites for hydroxylation is 1. The Kier molecular flexibility index (Phi) is 2.36. The third-order valence-electron chi connectivity index (χ3n) is 3.05. The van der Waals surface area contributed by atoms with Gasteiger partial charge in [0.25, 0.3) is 0 Å². The van der Waals surface area contributed by atoms with Gasteiger partial charge in [-0.1, -0.05) is 13.3 Å². The van der Waals surface area contributed by atoms with E-state index in [-0.39, 0.29) is 0 Å². The molecule has 3 heterocycles. The van der Waals surface area contributed by atoms with E-state index < -0.39 is 0 Å². The number of nitrogens with one attached hydrogen (secondary N) is 1. The minimum atomic E-state index is 0.888. The summed E-state index contributed by atoms with van der Waals surface area (Å²) in [6, 6.07) is 4.17. The first-order valence-electron chi connectivity index (χ1n) is 5.95. The van der Waals surface area contributed by atoms with Crippen LogP contribution in [0.5, 0.6) is 0 Å². The molecule has 1 aliphatic rings. The fraction of sp³-hybridized carbons (Fsp3) is 0.500. The molecule has 0 radical (unpaired) electrons. The van der Waals surface area contributed by atoms with E-state index in [4.69, 9.17) is 0 Å². The SMILES string of the molecule is CCCc1ccc2nc3c(n2n1)CNCC3. The van der Waals surface area contributed by atoms with Gasteiger partial charge in [-0.25, -0.2) is 9.50 Å². The van der Waals surface area contributed by atoms with Gasteiger partial charge in [0, 0.05) is 19.5 Å². The minimum absolute atomic E-state index is 0.888. The summed E-state index contributed by atoms with van der Waals surface area (Å²) in [6.07, 6.45) is 3.19. The molecule has 3 rings (SSSR count). The Morgan fingerprint density at radius 1 is 1.44 bits per heavy atom. The average molecular weight is 216 g/mol. The van der Waals surface area contributed by atoms with Crippen LogP contribution in [-0.4, -0.2) is 21.1 Å². The maximum Gasteiger partial charge on any atom is 0.154 e. The highest BCUT2D eigenvalue weighted by atomic mass is 15.3. The van der Waals surface area contributed by atoms with E-state index in [1.807, 2.05) is 4.52 Å². The molecule has 0 unspecified atom stereocenters. The van der Waals surface area contributed by atoms with Crippen molar-refractivity contribution >= 4 is 5.65 Å². The number of fused-ring (bicyclic) bond motifs is 3. The Morgan fingerprint density at radius 2 is 2.38 bits per heavy atom. The zero-order valence-electron chi connectivity index (χ0n) is 9.53. The van der Waals surface area contributed by atoms with Crippen LogP contribution < -0.4 is 5.32 Å². The lowest BCUT2D eigenvalue weighted by Crippen LogP contribution is -2.24. The fourth-order valence-corrected chi connectivity index (χ4v) is 2.24. The lowest BCUT2D eigenvalue weighted by Gasteiger charge is -2.11. The first-order chi connectivity index (χ1) is 7.88. The van der Waals surface area contributed by atoms with Gasteiger partial charge in [-0.05, 0) is 18.6 Å². The largest absolute Gasteiger partial charge is 0.311 e. The van der Waals surface area contributed by atoms with Gasteiger partial charge < -0.3 is 5.32 Å². The quantitative estimate of drug-likeness (QED) is 0.823. The monoisotopic (exact) mass is 216 g/mol. The highest BCUT2D eigenvalue weighted by Crippen LogP contribution is 2.15. The summed E-state index contributed by atoms with van der Waals surface area (Å²) in [4.78, 5) is 4.61. The van der Waals surface area contributed by atoms with E-state index in [0.717, 1.165) is 43.7 Å². The number of hydrogen-bond acceptors (Lipinski definition) is 3. The van der Waals surface area contributed by atoms with Gasteiger partial charge in [0.2, 0.25) is 0 Å². The van der Waals surface area contributed by atoms with Crippen molar-refractivity contribution in [2.24, 2.45) is 0 Å². The molecule has 0 aromatic carbocycles. The molecule has 84 valence electrons. The third-order valence-corrected chi connectivity index (χ3v) is 3.05. The number of nitrogens with zero attached hydrogens (tertiary/aromatic N) is 3. The van der Waals surface area contributed by atoms with Crippen molar-refractivity contribution in [2.75, 3.05) is 6.54 Å². The summed E-state index contributed by atoms with van der Waals surface area (Å²) < 4.78 is 2.01. The zero-order valence-corrected chi connectivity index (χ0v) is 9.53. The van der Waals surface area contributed by atoms with Gasteiger partial charge in [-0.2, -0.15) is 5.10 Å². The van der Waals surface area contributed by atoms with Gasteiger partial charge in [-0.15, -0.1) is 0 Å². The second kappa shape index (κ2) is 3.87. The van der Waals surface area contributed by atoms with Crippen molar-refractivity contribution in [2.45, 2.75) is 32.7 Å². The van der Waals surface area contributed by atoms with E-state index in [1.54, 1.807) is 0 Å². The first kappa shape index (κ1) is 9.78. The Hall–Kier alpha value is -1.42. The van der Waals surface area contributed by atoms with Gasteiger partial charge in [0.1, 0.15) is 0 Å². The number of rotatable bonds is 2. The molecule has 1 aliphatic heterocycles. The molecule has 0 saturated heterocycles. The van der Waals surface area contributed by atoms with Crippen LogP contribution in [0.3, 0.4) is 0 Å². The minimum Gasteiger partial charge on any atom is -0.311 e. The average Bonchev–Trinajstić information content (AvgIpc) is 2.68. The van der Waals surface area contributed by atoms with Crippen molar-refractivity contribution in [1.29, 1.82) is 0 Å². The lowest BCUT2D eigenvalue weighted by atomic mass is 10.2. The van der Waals surface area contributed by atoms with Crippen LogP contribution in [0.2, 0.25) is 0 Å². The Bertz CT molecular complexity index is 515. The predicted octanol–water partition coefficient (Wildman–Crippen LogP) is 1.33. The molecule has 0 atom stereocenters. The number of aromatic nitrogens is 3. The molecule has 0 fully saturated rings. The molecule has 16 heavy (non-hydrogen) atoms. The molecule has 0 spiro atoms. The van der Waals surface area contributed by atoms with E-state index >= 15 is 0 Å². The van der Waals surface area contributed by atoms with Crippen LogP contribution in [0, 0.1) is 0 Å². The summed E-state index contributed by atoms with van der Waals surface area (Å²) in [6.45, 7) is 4.09. The molecule has 2 aromatic rings.